The molecule has 1 heterocycles. The van der Waals surface area contributed by atoms with Gasteiger partial charge >= 0.3 is 0 Å². The van der Waals surface area contributed by atoms with Gasteiger partial charge in [-0.05, 0) is 24.8 Å². The minimum Gasteiger partial charge on any atom is -0.340 e. The van der Waals surface area contributed by atoms with Crippen molar-refractivity contribution in [1.82, 2.24) is 10.2 Å². The van der Waals surface area contributed by atoms with Crippen molar-refractivity contribution in [3.63, 3.8) is 0 Å². The standard InChI is InChI=1S/C15H18N2O2/c18-13-9-10-17(12-7-4-8-12)15(19)14(16-13)11-5-2-1-3-6-11/h1-3,5-6,12,14H,4,7-10H2,(H,16,18). The lowest BCUT2D eigenvalue weighted by atomic mass is 9.90. The predicted molar refractivity (Wildman–Crippen MR) is 71.3 cm³/mol. The molecule has 1 aliphatic heterocycles. The van der Waals surface area contributed by atoms with E-state index in [1.807, 2.05) is 35.2 Å². The number of carbonyl (C=O) groups is 2. The van der Waals surface area contributed by atoms with Crippen molar-refractivity contribution in [2.45, 2.75) is 37.8 Å². The molecule has 2 amide bonds. The van der Waals surface area contributed by atoms with E-state index < -0.39 is 6.04 Å². The Bertz CT molecular complexity index is 482. The number of nitrogens with one attached hydrogen (secondary N) is 1. The van der Waals surface area contributed by atoms with Gasteiger partial charge in [0.1, 0.15) is 6.04 Å². The average Bonchev–Trinajstić information content (AvgIpc) is 2.51. The van der Waals surface area contributed by atoms with Gasteiger partial charge in [-0.1, -0.05) is 30.3 Å². The molecule has 0 radical (unpaired) electrons. The quantitative estimate of drug-likeness (QED) is 0.876. The normalized spacial score (nSPS) is 24.6. The molecule has 1 saturated heterocycles. The first-order chi connectivity index (χ1) is 9.25. The molecule has 0 bridgehead atoms. The molecule has 1 atom stereocenters. The van der Waals surface area contributed by atoms with Crippen molar-refractivity contribution in [3.8, 4) is 0 Å². The molecule has 1 N–H and O–H groups in total. The molecule has 1 aromatic rings. The summed E-state index contributed by atoms with van der Waals surface area (Å²) in [5, 5.41) is 2.85. The van der Waals surface area contributed by atoms with E-state index in [9.17, 15) is 9.59 Å². The van der Waals surface area contributed by atoms with Crippen LogP contribution in [0.1, 0.15) is 37.3 Å². The van der Waals surface area contributed by atoms with Crippen molar-refractivity contribution in [2.75, 3.05) is 6.54 Å². The summed E-state index contributed by atoms with van der Waals surface area (Å²) in [6.07, 6.45) is 3.74. The Morgan fingerprint density at radius 2 is 1.84 bits per heavy atom. The fourth-order valence-electron chi connectivity index (χ4n) is 2.73. The molecule has 1 aromatic carbocycles. The number of rotatable bonds is 2. The molecule has 0 spiro atoms. The van der Waals surface area contributed by atoms with Gasteiger partial charge in [0.25, 0.3) is 0 Å². The van der Waals surface area contributed by atoms with Crippen LogP contribution < -0.4 is 5.32 Å². The Kier molecular flexibility index (Phi) is 3.23. The second-order valence-corrected chi connectivity index (χ2v) is 5.28. The van der Waals surface area contributed by atoms with Gasteiger partial charge in [0.15, 0.2) is 0 Å². The molecule has 1 aliphatic carbocycles. The van der Waals surface area contributed by atoms with Crippen LogP contribution in [0.25, 0.3) is 0 Å². The number of benzene rings is 1. The number of amides is 2. The Morgan fingerprint density at radius 3 is 2.47 bits per heavy atom. The lowest BCUT2D eigenvalue weighted by Gasteiger charge is -2.37. The zero-order valence-electron chi connectivity index (χ0n) is 10.8. The Morgan fingerprint density at radius 1 is 1.11 bits per heavy atom. The third-order valence-electron chi connectivity index (χ3n) is 4.06. The number of nitrogens with zero attached hydrogens (tertiary/aromatic N) is 1. The van der Waals surface area contributed by atoms with Crippen molar-refractivity contribution in [3.05, 3.63) is 35.9 Å². The smallest absolute Gasteiger partial charge is 0.250 e. The summed E-state index contributed by atoms with van der Waals surface area (Å²) in [5.74, 6) is 0.00535. The fourth-order valence-corrected chi connectivity index (χ4v) is 2.73. The van der Waals surface area contributed by atoms with Crippen molar-refractivity contribution < 1.29 is 9.59 Å². The van der Waals surface area contributed by atoms with Gasteiger partial charge in [-0.15, -0.1) is 0 Å². The van der Waals surface area contributed by atoms with Gasteiger partial charge in [-0.2, -0.15) is 0 Å². The van der Waals surface area contributed by atoms with Crippen LogP contribution in [-0.2, 0) is 9.59 Å². The van der Waals surface area contributed by atoms with E-state index >= 15 is 0 Å². The molecule has 4 nitrogen and oxygen atoms in total. The van der Waals surface area contributed by atoms with Crippen LogP contribution in [-0.4, -0.2) is 29.3 Å². The number of hydrogen-bond donors (Lipinski definition) is 1. The Balaban J connectivity index is 1.87. The topological polar surface area (TPSA) is 49.4 Å². The second kappa shape index (κ2) is 5.03. The maximum absolute atomic E-state index is 12.6. The Hall–Kier alpha value is -1.84. The highest BCUT2D eigenvalue weighted by molar-refractivity contribution is 5.91. The first-order valence-electron chi connectivity index (χ1n) is 6.90. The predicted octanol–water partition coefficient (Wildman–Crippen LogP) is 1.63. The van der Waals surface area contributed by atoms with Crippen molar-refractivity contribution in [2.24, 2.45) is 0 Å². The summed E-state index contributed by atoms with van der Waals surface area (Å²) in [7, 11) is 0. The van der Waals surface area contributed by atoms with Gasteiger partial charge in [-0.25, -0.2) is 0 Å². The van der Waals surface area contributed by atoms with E-state index in [4.69, 9.17) is 0 Å². The molecular formula is C15H18N2O2. The molecule has 19 heavy (non-hydrogen) atoms. The van der Waals surface area contributed by atoms with Crippen LogP contribution in [0.3, 0.4) is 0 Å². The van der Waals surface area contributed by atoms with E-state index in [1.54, 1.807) is 0 Å². The first-order valence-corrected chi connectivity index (χ1v) is 6.90. The van der Waals surface area contributed by atoms with Gasteiger partial charge in [0.2, 0.25) is 11.8 Å². The molecule has 2 aliphatic rings. The van der Waals surface area contributed by atoms with Crippen LogP contribution in [0.5, 0.6) is 0 Å². The first kappa shape index (κ1) is 12.2. The summed E-state index contributed by atoms with van der Waals surface area (Å²) in [6, 6.07) is 9.32. The van der Waals surface area contributed by atoms with E-state index in [-0.39, 0.29) is 11.8 Å². The maximum atomic E-state index is 12.6. The molecule has 3 rings (SSSR count). The molecular weight excluding hydrogens is 240 g/mol. The molecule has 1 unspecified atom stereocenters. The van der Waals surface area contributed by atoms with Gasteiger partial charge in [0, 0.05) is 19.0 Å². The summed E-state index contributed by atoms with van der Waals surface area (Å²) in [6.45, 7) is 0.554. The van der Waals surface area contributed by atoms with E-state index in [0.717, 1.165) is 18.4 Å². The van der Waals surface area contributed by atoms with Crippen molar-refractivity contribution >= 4 is 11.8 Å². The largest absolute Gasteiger partial charge is 0.340 e. The van der Waals surface area contributed by atoms with Gasteiger partial charge in [0.05, 0.1) is 0 Å². The van der Waals surface area contributed by atoms with Crippen LogP contribution in [0.15, 0.2) is 30.3 Å². The summed E-state index contributed by atoms with van der Waals surface area (Å²) in [5.41, 5.74) is 0.868. The van der Waals surface area contributed by atoms with E-state index in [0.29, 0.717) is 19.0 Å². The highest BCUT2D eigenvalue weighted by Gasteiger charge is 2.36. The molecule has 1 saturated carbocycles. The van der Waals surface area contributed by atoms with Crippen molar-refractivity contribution in [1.29, 1.82) is 0 Å². The third-order valence-corrected chi connectivity index (χ3v) is 4.06. The molecule has 2 fully saturated rings. The number of carbonyl (C=O) groups excluding carboxylic acids is 2. The fraction of sp³-hybridized carbons (Fsp3) is 0.467. The minimum absolute atomic E-state index is 0.0379. The zero-order chi connectivity index (χ0) is 13.2. The monoisotopic (exact) mass is 258 g/mol. The minimum atomic E-state index is -0.517. The second-order valence-electron chi connectivity index (χ2n) is 5.28. The van der Waals surface area contributed by atoms with Crippen LogP contribution in [0, 0.1) is 0 Å². The molecule has 0 aromatic heterocycles. The Labute approximate surface area is 112 Å². The highest BCUT2D eigenvalue weighted by atomic mass is 16.2. The van der Waals surface area contributed by atoms with Crippen LogP contribution >= 0.6 is 0 Å². The van der Waals surface area contributed by atoms with Crippen LogP contribution in [0.4, 0.5) is 0 Å². The molecule has 4 heteroatoms. The summed E-state index contributed by atoms with van der Waals surface area (Å²) >= 11 is 0. The zero-order valence-corrected chi connectivity index (χ0v) is 10.8. The maximum Gasteiger partial charge on any atom is 0.250 e. The van der Waals surface area contributed by atoms with Crippen LogP contribution in [0.2, 0.25) is 0 Å². The third kappa shape index (κ3) is 2.35. The summed E-state index contributed by atoms with van der Waals surface area (Å²) < 4.78 is 0. The van der Waals surface area contributed by atoms with Gasteiger partial charge in [-0.3, -0.25) is 9.59 Å². The molecule has 100 valence electrons. The lowest BCUT2D eigenvalue weighted by molar-refractivity contribution is -0.137. The average molecular weight is 258 g/mol. The number of hydrogen-bond acceptors (Lipinski definition) is 2. The van der Waals surface area contributed by atoms with Gasteiger partial charge < -0.3 is 10.2 Å². The van der Waals surface area contributed by atoms with E-state index in [2.05, 4.69) is 5.32 Å². The lowest BCUT2D eigenvalue weighted by Crippen LogP contribution is -2.47. The van der Waals surface area contributed by atoms with E-state index in [1.165, 1.54) is 6.42 Å². The summed E-state index contributed by atoms with van der Waals surface area (Å²) in [4.78, 5) is 26.3. The SMILES string of the molecule is O=C1CCN(C2CCC2)C(=O)C(c2ccccc2)N1. The highest BCUT2D eigenvalue weighted by Crippen LogP contribution is 2.29.